The normalized spacial score (nSPS) is 11.6. The Morgan fingerprint density at radius 2 is 2.06 bits per heavy atom. The van der Waals surface area contributed by atoms with Crippen LogP contribution in [0.25, 0.3) is 11.0 Å². The van der Waals surface area contributed by atoms with Gasteiger partial charge in [-0.3, -0.25) is 0 Å². The van der Waals surface area contributed by atoms with Crippen LogP contribution in [0.5, 0.6) is 0 Å². The molecule has 0 radical (unpaired) electrons. The number of alkyl halides is 3. The fraction of sp³-hybridized carbons (Fsp3) is 0.300. The second-order valence-corrected chi connectivity index (χ2v) is 4.09. The Hall–Kier alpha value is -0.940. The van der Waals surface area contributed by atoms with E-state index in [2.05, 4.69) is 4.98 Å². The molecule has 0 saturated heterocycles. The molecule has 0 aliphatic heterocycles. The minimum absolute atomic E-state index is 0.0271. The van der Waals surface area contributed by atoms with Gasteiger partial charge in [0.1, 0.15) is 11.6 Å². The van der Waals surface area contributed by atoms with Crippen LogP contribution in [0.1, 0.15) is 5.82 Å². The molecule has 17 heavy (non-hydrogen) atoms. The highest BCUT2D eigenvalue weighted by Gasteiger charge is 2.15. The number of hydrogen-bond donors (Lipinski definition) is 0. The van der Waals surface area contributed by atoms with Crippen LogP contribution in [-0.2, 0) is 12.4 Å². The highest BCUT2D eigenvalue weighted by Crippen LogP contribution is 2.25. The summed E-state index contributed by atoms with van der Waals surface area (Å²) < 4.78 is 39.3. The fourth-order valence-electron chi connectivity index (χ4n) is 1.61. The number of benzene rings is 1. The maximum Gasteiger partial charge on any atom is 0.256 e. The van der Waals surface area contributed by atoms with Gasteiger partial charge in [-0.25, -0.2) is 18.2 Å². The van der Waals surface area contributed by atoms with Crippen LogP contribution in [-0.4, -0.2) is 16.0 Å². The summed E-state index contributed by atoms with van der Waals surface area (Å²) in [6, 6.07) is 2.38. The van der Waals surface area contributed by atoms with Gasteiger partial charge in [-0.1, -0.05) is 11.6 Å². The van der Waals surface area contributed by atoms with Gasteiger partial charge in [0.05, 0.1) is 28.5 Å². The third-order valence-corrected chi connectivity index (χ3v) is 2.84. The topological polar surface area (TPSA) is 17.8 Å². The van der Waals surface area contributed by atoms with Gasteiger partial charge in [-0.05, 0) is 6.07 Å². The summed E-state index contributed by atoms with van der Waals surface area (Å²) in [6.45, 7) is -0.570. The van der Waals surface area contributed by atoms with Crippen molar-refractivity contribution in [3.63, 3.8) is 0 Å². The molecule has 0 aliphatic carbocycles. The third-order valence-electron chi connectivity index (χ3n) is 2.31. The molecule has 7 heteroatoms. The summed E-state index contributed by atoms with van der Waals surface area (Å²) >= 11 is 11.2. The smallest absolute Gasteiger partial charge is 0.256 e. The van der Waals surface area contributed by atoms with Crippen molar-refractivity contribution < 1.29 is 13.2 Å². The highest BCUT2D eigenvalue weighted by molar-refractivity contribution is 6.31. The average molecular weight is 283 g/mol. The van der Waals surface area contributed by atoms with Crippen molar-refractivity contribution in [2.24, 2.45) is 0 Å². The van der Waals surface area contributed by atoms with E-state index in [1.165, 1.54) is 10.6 Å². The summed E-state index contributed by atoms with van der Waals surface area (Å²) in [5.41, 5.74) is 0.621. The van der Waals surface area contributed by atoms with Crippen LogP contribution in [0.2, 0.25) is 5.02 Å². The number of halogens is 5. The van der Waals surface area contributed by atoms with Gasteiger partial charge in [0, 0.05) is 6.07 Å². The predicted molar refractivity (Wildman–Crippen MR) is 60.3 cm³/mol. The first-order valence-electron chi connectivity index (χ1n) is 4.71. The number of aromatic nitrogens is 2. The Kier molecular flexibility index (Phi) is 3.49. The zero-order valence-electron chi connectivity index (χ0n) is 8.43. The first kappa shape index (κ1) is 12.5. The Labute approximate surface area is 105 Å². The minimum Gasteiger partial charge on any atom is -0.321 e. The third kappa shape index (κ3) is 2.35. The van der Waals surface area contributed by atoms with Gasteiger partial charge < -0.3 is 4.57 Å². The van der Waals surface area contributed by atoms with E-state index in [-0.39, 0.29) is 22.2 Å². The second-order valence-electron chi connectivity index (χ2n) is 3.42. The largest absolute Gasteiger partial charge is 0.321 e. The lowest BCUT2D eigenvalue weighted by molar-refractivity contribution is 0.127. The van der Waals surface area contributed by atoms with Crippen molar-refractivity contribution in [3.05, 3.63) is 28.8 Å². The standard InChI is InChI=1S/C10H7Cl2F3N2/c11-3-10-16-7-1-5(12)6(13)2-8(7)17(10)4-9(14)15/h1-2,9H,3-4H2. The molecule has 0 N–H and O–H groups in total. The highest BCUT2D eigenvalue weighted by atomic mass is 35.5. The molecule has 1 aromatic carbocycles. The van der Waals surface area contributed by atoms with E-state index < -0.39 is 18.8 Å². The van der Waals surface area contributed by atoms with Crippen LogP contribution in [0.3, 0.4) is 0 Å². The molecule has 0 bridgehead atoms. The van der Waals surface area contributed by atoms with E-state index in [0.29, 0.717) is 5.52 Å². The maximum atomic E-state index is 13.3. The Balaban J connectivity index is 2.65. The van der Waals surface area contributed by atoms with Crippen LogP contribution in [0, 0.1) is 5.82 Å². The van der Waals surface area contributed by atoms with E-state index in [0.717, 1.165) is 6.07 Å². The van der Waals surface area contributed by atoms with Crippen molar-refractivity contribution in [3.8, 4) is 0 Å². The number of fused-ring (bicyclic) bond motifs is 1. The summed E-state index contributed by atoms with van der Waals surface area (Å²) in [5.74, 6) is -0.431. The van der Waals surface area contributed by atoms with E-state index in [1.807, 2.05) is 0 Å². The molecule has 0 amide bonds. The van der Waals surface area contributed by atoms with E-state index >= 15 is 0 Å². The van der Waals surface area contributed by atoms with E-state index in [4.69, 9.17) is 23.2 Å². The molecule has 0 spiro atoms. The summed E-state index contributed by atoms with van der Waals surface area (Å²) in [6.07, 6.45) is -2.56. The number of rotatable bonds is 3. The summed E-state index contributed by atoms with van der Waals surface area (Å²) in [7, 11) is 0. The predicted octanol–water partition coefficient (Wildman–Crippen LogP) is 3.83. The summed E-state index contributed by atoms with van der Waals surface area (Å²) in [4.78, 5) is 4.03. The SMILES string of the molecule is Fc1cc2c(cc1Cl)nc(CCl)n2CC(F)F. The lowest BCUT2D eigenvalue weighted by Crippen LogP contribution is -2.09. The van der Waals surface area contributed by atoms with Crippen molar-refractivity contribution in [2.75, 3.05) is 0 Å². The molecule has 2 rings (SSSR count). The van der Waals surface area contributed by atoms with Crippen molar-refractivity contribution in [1.82, 2.24) is 9.55 Å². The van der Waals surface area contributed by atoms with Gasteiger partial charge in [0.15, 0.2) is 0 Å². The molecule has 0 aliphatic rings. The molecule has 2 aromatic rings. The minimum atomic E-state index is -2.56. The van der Waals surface area contributed by atoms with Gasteiger partial charge >= 0.3 is 0 Å². The fourth-order valence-corrected chi connectivity index (χ4v) is 1.98. The molecule has 2 nitrogen and oxygen atoms in total. The molecule has 1 aromatic heterocycles. The molecule has 0 atom stereocenters. The van der Waals surface area contributed by atoms with Crippen LogP contribution >= 0.6 is 23.2 Å². The first-order valence-corrected chi connectivity index (χ1v) is 5.62. The zero-order chi connectivity index (χ0) is 12.6. The molecule has 0 fully saturated rings. The number of hydrogen-bond acceptors (Lipinski definition) is 1. The lowest BCUT2D eigenvalue weighted by atomic mass is 10.3. The number of imidazole rings is 1. The van der Waals surface area contributed by atoms with Crippen LogP contribution in [0.4, 0.5) is 13.2 Å². The monoisotopic (exact) mass is 282 g/mol. The van der Waals surface area contributed by atoms with Gasteiger partial charge in [0.25, 0.3) is 6.43 Å². The lowest BCUT2D eigenvalue weighted by Gasteiger charge is -2.06. The molecule has 92 valence electrons. The van der Waals surface area contributed by atoms with Crippen molar-refractivity contribution in [1.29, 1.82) is 0 Å². The van der Waals surface area contributed by atoms with Gasteiger partial charge in [-0.15, -0.1) is 11.6 Å². The van der Waals surface area contributed by atoms with Gasteiger partial charge in [-0.2, -0.15) is 0 Å². The average Bonchev–Trinajstić information content (AvgIpc) is 2.57. The molecule has 0 unspecified atom stereocenters. The quantitative estimate of drug-likeness (QED) is 0.783. The Bertz CT molecular complexity index is 554. The number of nitrogens with zero attached hydrogens (tertiary/aromatic N) is 2. The van der Waals surface area contributed by atoms with Gasteiger partial charge in [0.2, 0.25) is 0 Å². The van der Waals surface area contributed by atoms with Crippen molar-refractivity contribution >= 4 is 34.2 Å². The van der Waals surface area contributed by atoms with Crippen LogP contribution in [0.15, 0.2) is 12.1 Å². The van der Waals surface area contributed by atoms with Crippen LogP contribution < -0.4 is 0 Å². The van der Waals surface area contributed by atoms with E-state index in [1.54, 1.807) is 0 Å². The molecular weight excluding hydrogens is 276 g/mol. The summed E-state index contributed by atoms with van der Waals surface area (Å²) in [5, 5.41) is -0.0969. The zero-order valence-corrected chi connectivity index (χ0v) is 9.94. The van der Waals surface area contributed by atoms with Crippen molar-refractivity contribution in [2.45, 2.75) is 18.9 Å². The first-order chi connectivity index (χ1) is 8.02. The molecule has 0 saturated carbocycles. The Morgan fingerprint density at radius 3 is 2.65 bits per heavy atom. The maximum absolute atomic E-state index is 13.3. The second kappa shape index (κ2) is 4.74. The molecular formula is C10H7Cl2F3N2. The van der Waals surface area contributed by atoms with E-state index in [9.17, 15) is 13.2 Å². The molecule has 1 heterocycles. The Morgan fingerprint density at radius 1 is 1.35 bits per heavy atom.